The van der Waals surface area contributed by atoms with E-state index in [9.17, 15) is 0 Å². The van der Waals surface area contributed by atoms with Crippen LogP contribution in [0, 0.1) is 17.8 Å². The summed E-state index contributed by atoms with van der Waals surface area (Å²) < 4.78 is 0. The lowest BCUT2D eigenvalue weighted by Gasteiger charge is -2.18. The van der Waals surface area contributed by atoms with Gasteiger partial charge in [0.15, 0.2) is 0 Å². The van der Waals surface area contributed by atoms with Crippen LogP contribution in [0.3, 0.4) is 0 Å². The Hall–Kier alpha value is -0.380. The molecular formula is C13H18O3. The fourth-order valence-electron chi connectivity index (χ4n) is 3.67. The van der Waals surface area contributed by atoms with E-state index in [-0.39, 0.29) is 12.2 Å². The third-order valence-electron chi connectivity index (χ3n) is 4.79. The Bertz CT molecular complexity index is 325. The third-order valence-corrected chi connectivity index (χ3v) is 4.79. The molecule has 1 saturated carbocycles. The summed E-state index contributed by atoms with van der Waals surface area (Å²) in [5.74, 6) is 2.34. The fraction of sp³-hybridized carbons (Fsp3) is 0.846. The summed E-state index contributed by atoms with van der Waals surface area (Å²) in [5.41, 5.74) is 1.65. The van der Waals surface area contributed by atoms with Crippen LogP contribution in [0.2, 0.25) is 0 Å². The van der Waals surface area contributed by atoms with E-state index in [1.165, 1.54) is 32.1 Å². The molecule has 0 aromatic carbocycles. The van der Waals surface area contributed by atoms with Crippen LogP contribution in [-0.2, 0) is 14.8 Å². The maximum absolute atomic E-state index is 5.32. The first-order chi connectivity index (χ1) is 7.90. The topological polar surface area (TPSA) is 27.7 Å². The van der Waals surface area contributed by atoms with E-state index in [0.29, 0.717) is 5.92 Å². The van der Waals surface area contributed by atoms with Gasteiger partial charge in [0.25, 0.3) is 0 Å². The quantitative estimate of drug-likeness (QED) is 0.466. The molecular weight excluding hydrogens is 204 g/mol. The van der Waals surface area contributed by atoms with Crippen molar-refractivity contribution in [3.8, 4) is 0 Å². The zero-order valence-electron chi connectivity index (χ0n) is 9.43. The van der Waals surface area contributed by atoms with Gasteiger partial charge in [-0.2, -0.15) is 9.78 Å². The predicted molar refractivity (Wildman–Crippen MR) is 57.1 cm³/mol. The lowest BCUT2D eigenvalue weighted by Crippen LogP contribution is -2.29. The summed E-state index contributed by atoms with van der Waals surface area (Å²) in [7, 11) is 0. The Morgan fingerprint density at radius 1 is 1.00 bits per heavy atom. The van der Waals surface area contributed by atoms with E-state index in [2.05, 4.69) is 6.08 Å². The lowest BCUT2D eigenvalue weighted by molar-refractivity contribution is -0.467. The SMILES string of the molecule is C1=C2CCC1C1OOOC1CC1CC1CC2. The molecule has 2 fully saturated rings. The minimum atomic E-state index is 0.150. The van der Waals surface area contributed by atoms with E-state index in [4.69, 9.17) is 14.8 Å². The average Bonchev–Trinajstić information content (AvgIpc) is 2.70. The van der Waals surface area contributed by atoms with E-state index >= 15 is 0 Å². The highest BCUT2D eigenvalue weighted by Crippen LogP contribution is 2.50. The number of fused-ring (bicyclic) bond motifs is 4. The molecule has 0 amide bonds. The van der Waals surface area contributed by atoms with Gasteiger partial charge in [0.05, 0.1) is 0 Å². The molecule has 5 atom stereocenters. The maximum atomic E-state index is 5.32. The molecule has 4 rings (SSSR count). The molecule has 0 N–H and O–H groups in total. The van der Waals surface area contributed by atoms with Gasteiger partial charge in [0, 0.05) is 5.92 Å². The van der Waals surface area contributed by atoms with Crippen LogP contribution in [0.4, 0.5) is 0 Å². The first-order valence-electron chi connectivity index (χ1n) is 6.58. The molecule has 3 nitrogen and oxygen atoms in total. The van der Waals surface area contributed by atoms with E-state index in [1.807, 2.05) is 0 Å². The molecule has 88 valence electrons. The molecule has 0 aromatic heterocycles. The fourth-order valence-corrected chi connectivity index (χ4v) is 3.67. The summed E-state index contributed by atoms with van der Waals surface area (Å²) in [6, 6.07) is 0. The van der Waals surface area contributed by atoms with Crippen LogP contribution in [0.1, 0.15) is 38.5 Å². The van der Waals surface area contributed by atoms with Gasteiger partial charge in [-0.15, -0.1) is 0 Å². The highest BCUT2D eigenvalue weighted by Gasteiger charge is 2.46. The summed E-state index contributed by atoms with van der Waals surface area (Å²) in [5, 5.41) is 4.77. The summed E-state index contributed by atoms with van der Waals surface area (Å²) >= 11 is 0. The van der Waals surface area contributed by atoms with Gasteiger partial charge in [-0.1, -0.05) is 16.7 Å². The van der Waals surface area contributed by atoms with Crippen molar-refractivity contribution in [2.45, 2.75) is 50.7 Å². The van der Waals surface area contributed by atoms with Gasteiger partial charge in [-0.25, -0.2) is 0 Å². The standard InChI is InChI=1S/C13H18O3/c1-3-9-6-11(9)7-12-13(15-16-14-12)10-4-2-8(1)5-10/h5,9-13H,1-4,6-7H2. The van der Waals surface area contributed by atoms with Gasteiger partial charge in [0.1, 0.15) is 12.2 Å². The predicted octanol–water partition coefficient (Wildman–Crippen LogP) is 2.77. The van der Waals surface area contributed by atoms with Crippen molar-refractivity contribution in [2.24, 2.45) is 17.8 Å². The molecule has 4 aliphatic rings. The Kier molecular flexibility index (Phi) is 2.14. The second-order valence-electron chi connectivity index (χ2n) is 5.82. The van der Waals surface area contributed by atoms with Gasteiger partial charge in [0.2, 0.25) is 0 Å². The highest BCUT2D eigenvalue weighted by atomic mass is 17.5. The smallest absolute Gasteiger partial charge is 0.132 e. The Labute approximate surface area is 95.6 Å². The van der Waals surface area contributed by atoms with E-state index in [0.717, 1.165) is 18.3 Å². The molecule has 5 unspecified atom stereocenters. The monoisotopic (exact) mass is 222 g/mol. The molecule has 3 aliphatic carbocycles. The Balaban J connectivity index is 1.60. The van der Waals surface area contributed by atoms with Crippen molar-refractivity contribution in [1.82, 2.24) is 0 Å². The molecule has 1 aliphatic heterocycles. The van der Waals surface area contributed by atoms with Gasteiger partial charge >= 0.3 is 0 Å². The molecule has 0 aromatic rings. The van der Waals surface area contributed by atoms with Crippen molar-refractivity contribution in [3.05, 3.63) is 11.6 Å². The van der Waals surface area contributed by atoms with E-state index in [1.54, 1.807) is 5.57 Å². The van der Waals surface area contributed by atoms with Crippen LogP contribution in [0.5, 0.6) is 0 Å². The first kappa shape index (κ1) is 9.63. The third kappa shape index (κ3) is 1.53. The van der Waals surface area contributed by atoms with Crippen molar-refractivity contribution < 1.29 is 14.8 Å². The van der Waals surface area contributed by atoms with Crippen LogP contribution in [0.25, 0.3) is 0 Å². The van der Waals surface area contributed by atoms with Crippen LogP contribution >= 0.6 is 0 Å². The lowest BCUT2D eigenvalue weighted by atomic mass is 9.93. The minimum absolute atomic E-state index is 0.150. The second kappa shape index (κ2) is 3.56. The highest BCUT2D eigenvalue weighted by molar-refractivity contribution is 5.15. The van der Waals surface area contributed by atoms with Crippen LogP contribution in [-0.4, -0.2) is 12.2 Å². The molecule has 0 radical (unpaired) electrons. The number of allylic oxidation sites excluding steroid dienone is 1. The Morgan fingerprint density at radius 3 is 2.94 bits per heavy atom. The Morgan fingerprint density at radius 2 is 1.94 bits per heavy atom. The molecule has 3 heteroatoms. The van der Waals surface area contributed by atoms with Gasteiger partial charge < -0.3 is 0 Å². The minimum Gasteiger partial charge on any atom is -0.200 e. The maximum Gasteiger partial charge on any atom is 0.132 e. The van der Waals surface area contributed by atoms with Gasteiger partial charge in [-0.05, 0) is 50.4 Å². The first-order valence-corrected chi connectivity index (χ1v) is 6.58. The number of rotatable bonds is 0. The largest absolute Gasteiger partial charge is 0.200 e. The van der Waals surface area contributed by atoms with Crippen LogP contribution in [0.15, 0.2) is 11.6 Å². The number of hydrogen-bond acceptors (Lipinski definition) is 3. The summed E-state index contributed by atoms with van der Waals surface area (Å²) in [6.45, 7) is 0. The number of hydrogen-bond donors (Lipinski definition) is 0. The normalized spacial score (nSPS) is 50.5. The summed E-state index contributed by atoms with van der Waals surface area (Å²) in [4.78, 5) is 10.6. The van der Waals surface area contributed by atoms with Crippen molar-refractivity contribution >= 4 is 0 Å². The average molecular weight is 222 g/mol. The summed E-state index contributed by atoms with van der Waals surface area (Å²) in [6.07, 6.45) is 10.5. The van der Waals surface area contributed by atoms with E-state index < -0.39 is 0 Å². The van der Waals surface area contributed by atoms with Crippen molar-refractivity contribution in [2.75, 3.05) is 0 Å². The van der Waals surface area contributed by atoms with Gasteiger partial charge in [-0.3, -0.25) is 0 Å². The molecule has 0 spiro atoms. The molecule has 2 bridgehead atoms. The molecule has 1 heterocycles. The zero-order valence-corrected chi connectivity index (χ0v) is 9.43. The van der Waals surface area contributed by atoms with Crippen LogP contribution < -0.4 is 0 Å². The van der Waals surface area contributed by atoms with Crippen molar-refractivity contribution in [1.29, 1.82) is 0 Å². The molecule has 1 saturated heterocycles. The molecule has 16 heavy (non-hydrogen) atoms. The van der Waals surface area contributed by atoms with Crippen molar-refractivity contribution in [3.63, 3.8) is 0 Å². The second-order valence-corrected chi connectivity index (χ2v) is 5.82. The zero-order chi connectivity index (χ0) is 10.5.